The van der Waals surface area contributed by atoms with Crippen LogP contribution in [0.3, 0.4) is 0 Å². The van der Waals surface area contributed by atoms with Gasteiger partial charge < -0.3 is 16.4 Å². The third-order valence-corrected chi connectivity index (χ3v) is 2.46. The third kappa shape index (κ3) is 3.99. The first-order valence-corrected chi connectivity index (χ1v) is 5.56. The molecule has 1 rings (SSSR count). The first-order chi connectivity index (χ1) is 8.04. The predicted molar refractivity (Wildman–Crippen MR) is 69.4 cm³/mol. The van der Waals surface area contributed by atoms with Crippen molar-refractivity contribution in [3.8, 4) is 0 Å². The van der Waals surface area contributed by atoms with Gasteiger partial charge in [-0.05, 0) is 18.6 Å². The number of hydrogen-bond acceptors (Lipinski definition) is 2. The molecule has 0 saturated carbocycles. The molecule has 0 heterocycles. The van der Waals surface area contributed by atoms with Crippen LogP contribution in [0.2, 0.25) is 0 Å². The molecule has 1 atom stereocenters. The summed E-state index contributed by atoms with van der Waals surface area (Å²) >= 11 is 4.79. The van der Waals surface area contributed by atoms with Crippen LogP contribution in [0.5, 0.6) is 0 Å². The van der Waals surface area contributed by atoms with Crippen LogP contribution in [0.1, 0.15) is 13.3 Å². The Labute approximate surface area is 104 Å². The lowest BCUT2D eigenvalue weighted by Crippen LogP contribution is -2.44. The molecule has 17 heavy (non-hydrogen) atoms. The van der Waals surface area contributed by atoms with Gasteiger partial charge in [0.2, 0.25) is 0 Å². The van der Waals surface area contributed by atoms with E-state index in [1.165, 1.54) is 12.1 Å². The Hall–Kier alpha value is -1.69. The summed E-state index contributed by atoms with van der Waals surface area (Å²) in [4.78, 5) is 11.7. The van der Waals surface area contributed by atoms with Crippen LogP contribution in [-0.4, -0.2) is 17.1 Å². The summed E-state index contributed by atoms with van der Waals surface area (Å²) in [6.45, 7) is 1.84. The smallest absolute Gasteiger partial charge is 0.319 e. The molecule has 0 aliphatic rings. The number of carbonyl (C=O) groups is 1. The highest BCUT2D eigenvalue weighted by Crippen LogP contribution is 2.11. The van der Waals surface area contributed by atoms with Gasteiger partial charge >= 0.3 is 6.03 Å². The van der Waals surface area contributed by atoms with E-state index in [1.54, 1.807) is 12.1 Å². The van der Waals surface area contributed by atoms with Gasteiger partial charge in [-0.15, -0.1) is 0 Å². The van der Waals surface area contributed by atoms with E-state index in [-0.39, 0.29) is 10.7 Å². The van der Waals surface area contributed by atoms with Crippen LogP contribution < -0.4 is 16.4 Å². The maximum atomic E-state index is 13.2. The molecular weight excluding hydrogens is 241 g/mol. The molecule has 0 bridgehead atoms. The molecule has 1 aromatic carbocycles. The van der Waals surface area contributed by atoms with Crippen molar-refractivity contribution in [3.63, 3.8) is 0 Å². The van der Waals surface area contributed by atoms with Gasteiger partial charge in [-0.2, -0.15) is 0 Å². The summed E-state index contributed by atoms with van der Waals surface area (Å²) in [6.07, 6.45) is 0.583. The van der Waals surface area contributed by atoms with Crippen molar-refractivity contribution in [2.45, 2.75) is 19.4 Å². The average molecular weight is 255 g/mol. The number of rotatable bonds is 4. The number of nitrogens with one attached hydrogen (secondary N) is 2. The van der Waals surface area contributed by atoms with Gasteiger partial charge in [-0.1, -0.05) is 31.3 Å². The van der Waals surface area contributed by atoms with E-state index < -0.39 is 17.9 Å². The zero-order chi connectivity index (χ0) is 12.8. The van der Waals surface area contributed by atoms with Gasteiger partial charge in [0.05, 0.1) is 16.7 Å². The Morgan fingerprint density at radius 1 is 1.53 bits per heavy atom. The summed E-state index contributed by atoms with van der Waals surface area (Å²) < 4.78 is 13.2. The lowest BCUT2D eigenvalue weighted by Gasteiger charge is -2.16. The minimum Gasteiger partial charge on any atom is -0.392 e. The van der Waals surface area contributed by atoms with Gasteiger partial charge in [-0.25, -0.2) is 9.18 Å². The van der Waals surface area contributed by atoms with Crippen LogP contribution in [0, 0.1) is 5.82 Å². The Morgan fingerprint density at radius 2 is 2.18 bits per heavy atom. The van der Waals surface area contributed by atoms with Crippen molar-refractivity contribution in [3.05, 3.63) is 30.1 Å². The quantitative estimate of drug-likeness (QED) is 0.721. The molecule has 0 radical (unpaired) electrons. The molecule has 1 unspecified atom stereocenters. The standard InChI is InChI=1S/C11H14FN3OS/c1-2-8(10(13)17)14-11(16)15-9-6-4-3-5-7(9)12/h3-6,8H,2H2,1H3,(H2,13,17)(H2,14,15,16). The molecule has 0 saturated heterocycles. The summed E-state index contributed by atoms with van der Waals surface area (Å²) in [7, 11) is 0. The Balaban J connectivity index is 2.61. The van der Waals surface area contributed by atoms with Gasteiger partial charge in [0.15, 0.2) is 0 Å². The second-order valence-corrected chi connectivity index (χ2v) is 3.91. The SMILES string of the molecule is CCC(NC(=O)Nc1ccccc1F)C(N)=S. The van der Waals surface area contributed by atoms with Gasteiger partial charge in [-0.3, -0.25) is 0 Å². The lowest BCUT2D eigenvalue weighted by molar-refractivity contribution is 0.250. The molecular formula is C11H14FN3OS. The minimum absolute atomic E-state index is 0.114. The number of halogens is 1. The highest BCUT2D eigenvalue weighted by atomic mass is 32.1. The van der Waals surface area contributed by atoms with E-state index in [0.29, 0.717) is 6.42 Å². The fourth-order valence-electron chi connectivity index (χ4n) is 1.25. The summed E-state index contributed by atoms with van der Waals surface area (Å²) in [6, 6.07) is 4.98. The number of benzene rings is 1. The van der Waals surface area contributed by atoms with E-state index in [9.17, 15) is 9.18 Å². The molecule has 0 aromatic heterocycles. The van der Waals surface area contributed by atoms with Crippen LogP contribution >= 0.6 is 12.2 Å². The first kappa shape index (κ1) is 13.4. The third-order valence-electron chi connectivity index (χ3n) is 2.18. The van der Waals surface area contributed by atoms with E-state index in [0.717, 1.165) is 0 Å². The number of anilines is 1. The molecule has 0 aliphatic heterocycles. The molecule has 4 nitrogen and oxygen atoms in total. The molecule has 0 aliphatic carbocycles. The number of nitrogens with two attached hydrogens (primary N) is 1. The van der Waals surface area contributed by atoms with Crippen molar-refractivity contribution >= 4 is 28.9 Å². The molecule has 2 amide bonds. The maximum absolute atomic E-state index is 13.2. The molecule has 1 aromatic rings. The predicted octanol–water partition coefficient (Wildman–Crippen LogP) is 2.01. The summed E-state index contributed by atoms with van der Waals surface area (Å²) in [5.41, 5.74) is 5.55. The topological polar surface area (TPSA) is 67.2 Å². The largest absolute Gasteiger partial charge is 0.392 e. The van der Waals surface area contributed by atoms with Crippen LogP contribution in [0.15, 0.2) is 24.3 Å². The van der Waals surface area contributed by atoms with Gasteiger partial charge in [0, 0.05) is 0 Å². The van der Waals surface area contributed by atoms with Crippen molar-refractivity contribution in [1.29, 1.82) is 0 Å². The molecule has 6 heteroatoms. The van der Waals surface area contributed by atoms with Crippen molar-refractivity contribution < 1.29 is 9.18 Å². The zero-order valence-electron chi connectivity index (χ0n) is 9.37. The number of thiocarbonyl (C=S) groups is 1. The molecule has 0 spiro atoms. The Bertz CT molecular complexity index is 425. The molecule has 92 valence electrons. The summed E-state index contributed by atoms with van der Waals surface area (Å²) in [5.74, 6) is -0.494. The fourth-order valence-corrected chi connectivity index (χ4v) is 1.48. The van der Waals surface area contributed by atoms with Gasteiger partial charge in [0.1, 0.15) is 5.82 Å². The average Bonchev–Trinajstić information content (AvgIpc) is 2.28. The van der Waals surface area contributed by atoms with Crippen LogP contribution in [-0.2, 0) is 0 Å². The molecule has 0 fully saturated rings. The summed E-state index contributed by atoms with van der Waals surface area (Å²) in [5, 5.41) is 4.95. The van der Waals surface area contributed by atoms with E-state index in [4.69, 9.17) is 18.0 Å². The normalized spacial score (nSPS) is 11.6. The number of para-hydroxylation sites is 1. The number of amides is 2. The van der Waals surface area contributed by atoms with E-state index in [1.807, 2.05) is 6.92 Å². The van der Waals surface area contributed by atoms with Crippen molar-refractivity contribution in [1.82, 2.24) is 5.32 Å². The van der Waals surface area contributed by atoms with Crippen molar-refractivity contribution in [2.75, 3.05) is 5.32 Å². The highest BCUT2D eigenvalue weighted by Gasteiger charge is 2.13. The van der Waals surface area contributed by atoms with E-state index >= 15 is 0 Å². The second-order valence-electron chi connectivity index (χ2n) is 3.44. The van der Waals surface area contributed by atoms with Crippen LogP contribution in [0.25, 0.3) is 0 Å². The van der Waals surface area contributed by atoms with Gasteiger partial charge in [0.25, 0.3) is 0 Å². The highest BCUT2D eigenvalue weighted by molar-refractivity contribution is 7.80. The monoisotopic (exact) mass is 255 g/mol. The van der Waals surface area contributed by atoms with Crippen molar-refractivity contribution in [2.24, 2.45) is 5.73 Å². The fraction of sp³-hybridized carbons (Fsp3) is 0.273. The van der Waals surface area contributed by atoms with Crippen LogP contribution in [0.4, 0.5) is 14.9 Å². The molecule has 4 N–H and O–H groups in total. The Kier molecular flexibility index (Phi) is 4.84. The first-order valence-electron chi connectivity index (χ1n) is 5.16. The maximum Gasteiger partial charge on any atom is 0.319 e. The lowest BCUT2D eigenvalue weighted by atomic mass is 10.2. The van der Waals surface area contributed by atoms with E-state index in [2.05, 4.69) is 10.6 Å². The number of carbonyl (C=O) groups excluding carboxylic acids is 1. The zero-order valence-corrected chi connectivity index (χ0v) is 10.2. The minimum atomic E-state index is -0.533. The second kappa shape index (κ2) is 6.15. The Morgan fingerprint density at radius 3 is 2.71 bits per heavy atom. The number of urea groups is 1. The number of hydrogen-bond donors (Lipinski definition) is 3.